The van der Waals surface area contributed by atoms with Crippen LogP contribution in [0.25, 0.3) is 0 Å². The van der Waals surface area contributed by atoms with Gasteiger partial charge in [0.1, 0.15) is 11.6 Å². The number of carbonyl (C=O) groups is 1. The molecule has 0 atom stereocenters. The molecule has 0 saturated heterocycles. The topological polar surface area (TPSA) is 39.2 Å². The maximum atomic E-state index is 13.6. The van der Waals surface area contributed by atoms with E-state index in [1.54, 1.807) is 0 Å². The van der Waals surface area contributed by atoms with E-state index in [9.17, 15) is 9.18 Å². The summed E-state index contributed by atoms with van der Waals surface area (Å²) in [5, 5.41) is 0. The van der Waals surface area contributed by atoms with Gasteiger partial charge in [-0.1, -0.05) is 15.9 Å². The van der Waals surface area contributed by atoms with Gasteiger partial charge in [0.05, 0.1) is 24.4 Å². The van der Waals surface area contributed by atoms with E-state index in [0.29, 0.717) is 10.2 Å². The molecule has 92 valence electrons. The maximum absolute atomic E-state index is 13.6. The van der Waals surface area contributed by atoms with Crippen molar-refractivity contribution >= 4 is 21.7 Å². The van der Waals surface area contributed by atoms with Crippen LogP contribution in [-0.2, 0) is 0 Å². The fourth-order valence-electron chi connectivity index (χ4n) is 1.55. The Balaban J connectivity index is 2.51. The molecule has 0 saturated carbocycles. The van der Waals surface area contributed by atoms with Gasteiger partial charge in [-0.05, 0) is 24.3 Å². The monoisotopic (exact) mass is 309 g/mol. The molecule has 0 spiro atoms. The van der Waals surface area contributed by atoms with Crippen LogP contribution < -0.4 is 4.74 Å². The first-order valence-corrected chi connectivity index (χ1v) is 5.90. The number of ketones is 1. The maximum Gasteiger partial charge on any atom is 0.199 e. The van der Waals surface area contributed by atoms with Crippen LogP contribution >= 0.6 is 15.9 Å². The zero-order valence-corrected chi connectivity index (χ0v) is 11.1. The van der Waals surface area contributed by atoms with Crippen LogP contribution in [0.15, 0.2) is 41.1 Å². The lowest BCUT2D eigenvalue weighted by Crippen LogP contribution is -2.06. The normalized spacial score (nSPS) is 10.2. The number of aromatic nitrogens is 1. The highest BCUT2D eigenvalue weighted by atomic mass is 79.9. The van der Waals surface area contributed by atoms with E-state index in [1.807, 2.05) is 0 Å². The van der Waals surface area contributed by atoms with Gasteiger partial charge >= 0.3 is 0 Å². The number of methoxy groups -OCH3 is 1. The summed E-state index contributed by atoms with van der Waals surface area (Å²) in [4.78, 5) is 16.1. The zero-order chi connectivity index (χ0) is 13.1. The number of hydrogen-bond donors (Lipinski definition) is 0. The number of halogens is 2. The lowest BCUT2D eigenvalue weighted by atomic mass is 10.0. The molecular formula is C13H9BrFNO2. The van der Waals surface area contributed by atoms with Crippen molar-refractivity contribution in [1.82, 2.24) is 4.98 Å². The van der Waals surface area contributed by atoms with Gasteiger partial charge in [-0.15, -0.1) is 0 Å². The predicted molar refractivity (Wildman–Crippen MR) is 68.3 cm³/mol. The zero-order valence-electron chi connectivity index (χ0n) is 9.48. The molecule has 0 unspecified atom stereocenters. The smallest absolute Gasteiger partial charge is 0.199 e. The van der Waals surface area contributed by atoms with Crippen molar-refractivity contribution < 1.29 is 13.9 Å². The third-order valence-electron chi connectivity index (χ3n) is 2.42. The molecule has 1 aromatic carbocycles. The molecule has 0 aliphatic rings. The number of rotatable bonds is 3. The molecule has 1 aromatic heterocycles. The van der Waals surface area contributed by atoms with E-state index < -0.39 is 11.6 Å². The summed E-state index contributed by atoms with van der Waals surface area (Å²) < 4.78 is 19.3. The van der Waals surface area contributed by atoms with Crippen LogP contribution in [0.4, 0.5) is 4.39 Å². The third-order valence-corrected chi connectivity index (χ3v) is 2.92. The van der Waals surface area contributed by atoms with Crippen LogP contribution in [-0.4, -0.2) is 17.9 Å². The number of benzene rings is 1. The minimum atomic E-state index is -0.568. The van der Waals surface area contributed by atoms with Gasteiger partial charge in [-0.2, -0.15) is 0 Å². The molecule has 2 rings (SSSR count). The molecule has 18 heavy (non-hydrogen) atoms. The average molecular weight is 310 g/mol. The molecule has 0 fully saturated rings. The lowest BCUT2D eigenvalue weighted by Gasteiger charge is -2.07. The SMILES string of the molecule is COc1cnccc1C(=O)c1cc(Br)ccc1F. The van der Waals surface area contributed by atoms with Gasteiger partial charge in [0, 0.05) is 10.7 Å². The minimum Gasteiger partial charge on any atom is -0.494 e. The molecule has 0 amide bonds. The Hall–Kier alpha value is -1.75. The first-order valence-electron chi connectivity index (χ1n) is 5.11. The molecule has 0 aliphatic carbocycles. The fraction of sp³-hybridized carbons (Fsp3) is 0.0769. The second-order valence-electron chi connectivity index (χ2n) is 3.53. The van der Waals surface area contributed by atoms with Gasteiger partial charge in [-0.3, -0.25) is 9.78 Å². The molecule has 0 N–H and O–H groups in total. The van der Waals surface area contributed by atoms with Crippen LogP contribution in [0.3, 0.4) is 0 Å². The summed E-state index contributed by atoms with van der Waals surface area (Å²) in [7, 11) is 1.44. The number of nitrogens with zero attached hydrogens (tertiary/aromatic N) is 1. The Morgan fingerprint density at radius 1 is 1.33 bits per heavy atom. The molecule has 0 bridgehead atoms. The van der Waals surface area contributed by atoms with Crippen molar-refractivity contribution in [3.05, 3.63) is 58.1 Å². The third kappa shape index (κ3) is 2.41. The van der Waals surface area contributed by atoms with E-state index in [1.165, 1.54) is 43.8 Å². The molecule has 3 nitrogen and oxygen atoms in total. The van der Waals surface area contributed by atoms with Crippen molar-refractivity contribution in [2.75, 3.05) is 7.11 Å². The van der Waals surface area contributed by atoms with E-state index in [4.69, 9.17) is 4.74 Å². The minimum absolute atomic E-state index is 0.00567. The van der Waals surface area contributed by atoms with E-state index in [-0.39, 0.29) is 11.1 Å². The van der Waals surface area contributed by atoms with E-state index >= 15 is 0 Å². The standard InChI is InChI=1S/C13H9BrFNO2/c1-18-12-7-16-5-4-9(12)13(17)10-6-8(14)2-3-11(10)15/h2-7H,1H3. The summed E-state index contributed by atoms with van der Waals surface area (Å²) in [6.45, 7) is 0. The fourth-order valence-corrected chi connectivity index (χ4v) is 1.91. The summed E-state index contributed by atoms with van der Waals surface area (Å²) in [6.07, 6.45) is 2.88. The molecule has 1 heterocycles. The van der Waals surface area contributed by atoms with Crippen molar-refractivity contribution in [2.24, 2.45) is 0 Å². The highest BCUT2D eigenvalue weighted by molar-refractivity contribution is 9.10. The second kappa shape index (κ2) is 5.27. The summed E-state index contributed by atoms with van der Waals surface area (Å²) in [5.41, 5.74) is 0.276. The van der Waals surface area contributed by atoms with Crippen molar-refractivity contribution in [2.45, 2.75) is 0 Å². The number of pyridine rings is 1. The first-order chi connectivity index (χ1) is 8.63. The Bertz CT molecular complexity index is 601. The Labute approximate surface area is 112 Å². The first kappa shape index (κ1) is 12.7. The largest absolute Gasteiger partial charge is 0.494 e. The predicted octanol–water partition coefficient (Wildman–Crippen LogP) is 3.22. The number of carbonyl (C=O) groups excluding carboxylic acids is 1. The Morgan fingerprint density at radius 2 is 2.11 bits per heavy atom. The summed E-state index contributed by atoms with van der Waals surface area (Å²) in [5.74, 6) is -0.683. The molecule has 0 aliphatic heterocycles. The quantitative estimate of drug-likeness (QED) is 0.817. The van der Waals surface area contributed by atoms with Gasteiger partial charge in [0.15, 0.2) is 5.78 Å². The van der Waals surface area contributed by atoms with E-state index in [2.05, 4.69) is 20.9 Å². The van der Waals surface area contributed by atoms with Gasteiger partial charge in [-0.25, -0.2) is 4.39 Å². The van der Waals surface area contributed by atoms with E-state index in [0.717, 1.165) is 0 Å². The van der Waals surface area contributed by atoms with Crippen molar-refractivity contribution in [3.63, 3.8) is 0 Å². The highest BCUT2D eigenvalue weighted by Crippen LogP contribution is 2.23. The summed E-state index contributed by atoms with van der Waals surface area (Å²) in [6, 6.07) is 5.72. The second-order valence-corrected chi connectivity index (χ2v) is 4.44. The lowest BCUT2D eigenvalue weighted by molar-refractivity contribution is 0.103. The Kier molecular flexibility index (Phi) is 3.72. The van der Waals surface area contributed by atoms with Crippen molar-refractivity contribution in [3.8, 4) is 5.75 Å². The van der Waals surface area contributed by atoms with Crippen LogP contribution in [0.5, 0.6) is 5.75 Å². The van der Waals surface area contributed by atoms with Gasteiger partial charge in [0.2, 0.25) is 0 Å². The average Bonchev–Trinajstić information content (AvgIpc) is 2.40. The summed E-state index contributed by atoms with van der Waals surface area (Å²) >= 11 is 3.21. The number of hydrogen-bond acceptors (Lipinski definition) is 3. The number of ether oxygens (including phenoxy) is 1. The molecule has 5 heteroatoms. The van der Waals surface area contributed by atoms with Crippen LogP contribution in [0.2, 0.25) is 0 Å². The van der Waals surface area contributed by atoms with Crippen LogP contribution in [0, 0.1) is 5.82 Å². The van der Waals surface area contributed by atoms with Gasteiger partial charge in [0.25, 0.3) is 0 Å². The van der Waals surface area contributed by atoms with Crippen molar-refractivity contribution in [1.29, 1.82) is 0 Å². The van der Waals surface area contributed by atoms with Gasteiger partial charge < -0.3 is 4.74 Å². The molecular weight excluding hydrogens is 301 g/mol. The van der Waals surface area contributed by atoms with Crippen LogP contribution in [0.1, 0.15) is 15.9 Å². The highest BCUT2D eigenvalue weighted by Gasteiger charge is 2.18. The molecule has 0 radical (unpaired) electrons. The Morgan fingerprint density at radius 3 is 2.83 bits per heavy atom. The molecule has 2 aromatic rings.